The fraction of sp³-hybridized carbons (Fsp3) is 0.933. The summed E-state index contributed by atoms with van der Waals surface area (Å²) in [4.78, 5) is 7.00. The van der Waals surface area contributed by atoms with Crippen molar-refractivity contribution in [1.29, 1.82) is 0 Å². The van der Waals surface area contributed by atoms with E-state index in [1.165, 1.54) is 38.5 Å². The Morgan fingerprint density at radius 3 is 1.03 bits per heavy atom. The van der Waals surface area contributed by atoms with E-state index < -0.39 is 0 Å². The normalized spacial score (nSPS) is 14.0. The minimum atomic E-state index is 0. The molecule has 218 valence electrons. The summed E-state index contributed by atoms with van der Waals surface area (Å²) in [6.07, 6.45) is 9.52. The number of halogens is 1. The number of rotatable bonds is 6. The molecule has 39 heavy (non-hydrogen) atoms. The van der Waals surface area contributed by atoms with Crippen LogP contribution in [0.5, 0.6) is 0 Å². The van der Waals surface area contributed by atoms with Crippen LogP contribution in [-0.4, -0.2) is 47.0 Å². The Kier molecular flexibility index (Phi) is 36.2. The Morgan fingerprint density at radius 2 is 0.872 bits per heavy atom. The molecule has 1 aliphatic rings. The largest absolute Gasteiger partial charge is 1.00 e. The second-order valence-electron chi connectivity index (χ2n) is 13.7. The van der Waals surface area contributed by atoms with Crippen LogP contribution in [0.4, 0.5) is 0 Å². The summed E-state index contributed by atoms with van der Waals surface area (Å²) in [6, 6.07) is 0. The first-order valence-corrected chi connectivity index (χ1v) is 14.1. The molecule has 1 fully saturated rings. The zero-order valence-corrected chi connectivity index (χ0v) is 31.3. The molecule has 0 bridgehead atoms. The van der Waals surface area contributed by atoms with Gasteiger partial charge in [0.05, 0.1) is 22.7 Å². The van der Waals surface area contributed by atoms with Gasteiger partial charge in [-0.3, -0.25) is 10.6 Å². The summed E-state index contributed by atoms with van der Waals surface area (Å²) in [7, 11) is 0. The second-order valence-corrected chi connectivity index (χ2v) is 13.7. The van der Waals surface area contributed by atoms with Gasteiger partial charge in [0.25, 0.3) is 0 Å². The van der Waals surface area contributed by atoms with Crippen molar-refractivity contribution in [3.8, 4) is 0 Å². The van der Waals surface area contributed by atoms with Crippen molar-refractivity contribution in [3.63, 3.8) is 0 Å². The summed E-state index contributed by atoms with van der Waals surface area (Å²) < 4.78 is 4.94. The van der Waals surface area contributed by atoms with E-state index in [4.69, 9.17) is 15.4 Å². The fourth-order valence-corrected chi connectivity index (χ4v) is 3.17. The Hall–Kier alpha value is 1.17. The van der Waals surface area contributed by atoms with Gasteiger partial charge in [0, 0.05) is 37.1 Å². The second kappa shape index (κ2) is 26.8. The summed E-state index contributed by atoms with van der Waals surface area (Å²) in [5, 5.41) is 9.47. The molecule has 0 aliphatic carbocycles. The van der Waals surface area contributed by atoms with E-state index in [0.717, 1.165) is 37.7 Å². The monoisotopic (exact) mass is 596 g/mol. The van der Waals surface area contributed by atoms with Crippen LogP contribution in [0, 0.1) is 0 Å². The van der Waals surface area contributed by atoms with Gasteiger partial charge in [-0.15, -0.1) is 0 Å². The predicted molar refractivity (Wildman–Crippen MR) is 157 cm³/mol. The zero-order valence-electron chi connectivity index (χ0n) is 29.8. The molecule has 1 rings (SSSR count). The summed E-state index contributed by atoms with van der Waals surface area (Å²) in [5.74, 6) is 2.30. The molecule has 0 spiro atoms. The molecule has 1 saturated heterocycles. The summed E-state index contributed by atoms with van der Waals surface area (Å²) in [5.41, 5.74) is 0.248. The van der Waals surface area contributed by atoms with E-state index in [1.54, 1.807) is 0 Å². The first-order valence-electron chi connectivity index (χ1n) is 14.1. The van der Waals surface area contributed by atoms with Gasteiger partial charge >= 0.3 is 56.6 Å². The molecule has 1 heterocycles. The maximum absolute atomic E-state index is 4.94. The molecule has 0 radical (unpaired) electrons. The number of nitrogens with one attached hydrogen (secondary N) is 2. The van der Waals surface area contributed by atoms with E-state index in [2.05, 4.69) is 107 Å². The molecule has 1 aliphatic heterocycles. The number of amidine groups is 2. The van der Waals surface area contributed by atoms with Crippen molar-refractivity contribution < 1.29 is 88.3 Å². The number of unbranched alkanes of at least 4 members (excludes halogenated alkanes) is 2. The average Bonchev–Trinajstić information content (AvgIpc) is 3.19. The molecular weight excluding hydrogens is 533 g/mol. The van der Waals surface area contributed by atoms with Gasteiger partial charge in [-0.1, -0.05) is 26.7 Å². The molecule has 0 amide bonds. The van der Waals surface area contributed by atoms with Crippen LogP contribution in [0.15, 0.2) is 0 Å². The van der Waals surface area contributed by atoms with Gasteiger partial charge in [0.2, 0.25) is 0 Å². The van der Waals surface area contributed by atoms with E-state index in [-0.39, 0.29) is 95.7 Å². The van der Waals surface area contributed by atoms with E-state index in [0.29, 0.717) is 0 Å². The SMILES string of the molecule is C1CCOC1.CCCCC([N-]C(C)(C)C)=[NH+]C(C)(C)C.CCCCC([N-]C(C)(C)C)=[NH+]C(C)(C)C.[Br-].[Li+].[Li+].[Li+]. The smallest absolute Gasteiger partial charge is 1.00 e. The van der Waals surface area contributed by atoms with Crippen molar-refractivity contribution in [3.05, 3.63) is 10.6 Å². The third-order valence-electron chi connectivity index (χ3n) is 4.34. The topological polar surface area (TPSA) is 65.4 Å². The number of hydrogen-bond acceptors (Lipinski definition) is 1. The Morgan fingerprint density at radius 1 is 0.590 bits per heavy atom. The van der Waals surface area contributed by atoms with Crippen LogP contribution in [0.2, 0.25) is 0 Å². The molecule has 0 saturated carbocycles. The van der Waals surface area contributed by atoms with Crippen molar-refractivity contribution in [1.82, 2.24) is 0 Å². The quantitative estimate of drug-likeness (QED) is 0.179. The predicted octanol–water partition coefficient (Wildman–Crippen LogP) is -5.93. The van der Waals surface area contributed by atoms with E-state index >= 15 is 0 Å². The number of nitrogens with zero attached hydrogens (tertiary/aromatic N) is 2. The van der Waals surface area contributed by atoms with Crippen molar-refractivity contribution in [2.24, 2.45) is 0 Å². The van der Waals surface area contributed by atoms with Gasteiger partial charge < -0.3 is 31.7 Å². The summed E-state index contributed by atoms with van der Waals surface area (Å²) >= 11 is 0. The van der Waals surface area contributed by atoms with Crippen LogP contribution in [0.1, 0.15) is 148 Å². The first-order chi connectivity index (χ1) is 15.8. The molecule has 2 N–H and O–H groups in total. The maximum atomic E-state index is 4.94. The van der Waals surface area contributed by atoms with E-state index in [1.807, 2.05) is 0 Å². The molecule has 9 heteroatoms. The van der Waals surface area contributed by atoms with Crippen LogP contribution in [0.25, 0.3) is 10.6 Å². The standard InChI is InChI=1S/2C13H27N2.C4H8O.BrH.3Li/c2*1-8-9-10-11(14-12(2,3)4)15-13(5,6)7;1-2-4-5-3-1;;;;/h2*8-10H2,1-7H3;1-4H2;1H;;;/q2*-1;;;3*+1/p+1. The molecular formula is C30H64BrLi3N4O+2. The Balaban J connectivity index is -0.000000108. The maximum Gasteiger partial charge on any atom is 1.00 e. The minimum Gasteiger partial charge on any atom is -1.00 e. The molecule has 5 nitrogen and oxygen atoms in total. The average molecular weight is 598 g/mol. The van der Waals surface area contributed by atoms with Gasteiger partial charge in [-0.25, -0.2) is 0 Å². The molecule has 0 aromatic carbocycles. The number of ether oxygens (including phenoxy) is 1. The van der Waals surface area contributed by atoms with Gasteiger partial charge in [-0.2, -0.15) is 0 Å². The molecule has 0 aromatic rings. The molecule has 0 aromatic heterocycles. The third-order valence-corrected chi connectivity index (χ3v) is 4.34. The van der Waals surface area contributed by atoms with Crippen molar-refractivity contribution >= 4 is 11.7 Å². The fourth-order valence-electron chi connectivity index (χ4n) is 3.17. The molecule has 0 atom stereocenters. The number of hydrogen-bond donors (Lipinski definition) is 2. The van der Waals surface area contributed by atoms with Gasteiger partial charge in [0.15, 0.2) is 0 Å². The molecule has 0 unspecified atom stereocenters. The van der Waals surface area contributed by atoms with Crippen LogP contribution in [-0.2, 0) is 4.74 Å². The van der Waals surface area contributed by atoms with Crippen LogP contribution in [0.3, 0.4) is 0 Å². The Labute approximate surface area is 292 Å². The summed E-state index contributed by atoms with van der Waals surface area (Å²) in [6.45, 7) is 32.3. The zero-order chi connectivity index (χ0) is 27.8. The van der Waals surface area contributed by atoms with Crippen LogP contribution < -0.4 is 83.5 Å². The Bertz CT molecular complexity index is 544. The third kappa shape index (κ3) is 46.4. The van der Waals surface area contributed by atoms with Gasteiger partial charge in [0.1, 0.15) is 0 Å². The van der Waals surface area contributed by atoms with Crippen LogP contribution >= 0.6 is 0 Å². The van der Waals surface area contributed by atoms with Crippen molar-refractivity contribution in [2.75, 3.05) is 13.2 Å². The first kappa shape index (κ1) is 52.8. The van der Waals surface area contributed by atoms with E-state index in [9.17, 15) is 0 Å². The van der Waals surface area contributed by atoms with Crippen molar-refractivity contribution in [2.45, 2.75) is 170 Å². The minimum absolute atomic E-state index is 0. The van der Waals surface area contributed by atoms with Gasteiger partial charge in [-0.05, 0) is 109 Å².